The van der Waals surface area contributed by atoms with Crippen LogP contribution in [0.2, 0.25) is 0 Å². The Morgan fingerprint density at radius 2 is 2.10 bits per heavy atom. The van der Waals surface area contributed by atoms with E-state index in [0.717, 1.165) is 22.5 Å². The van der Waals surface area contributed by atoms with Crippen LogP contribution in [-0.4, -0.2) is 21.9 Å². The lowest BCUT2D eigenvalue weighted by atomic mass is 10.1. The van der Waals surface area contributed by atoms with Gasteiger partial charge in [-0.05, 0) is 40.0 Å². The molecule has 20 heavy (non-hydrogen) atoms. The molecule has 0 saturated heterocycles. The molecule has 2 aromatic heterocycles. The molecule has 0 aromatic carbocycles. The van der Waals surface area contributed by atoms with E-state index in [1.54, 1.807) is 12.4 Å². The van der Waals surface area contributed by atoms with Crippen molar-refractivity contribution in [2.45, 2.75) is 33.4 Å². The first-order chi connectivity index (χ1) is 9.50. The minimum Gasteiger partial charge on any atom is -0.363 e. The van der Waals surface area contributed by atoms with Gasteiger partial charge in [0, 0.05) is 41.8 Å². The fourth-order valence-electron chi connectivity index (χ4n) is 2.20. The van der Waals surface area contributed by atoms with Crippen molar-refractivity contribution in [1.29, 1.82) is 0 Å². The minimum atomic E-state index is 0.123. The van der Waals surface area contributed by atoms with E-state index in [4.69, 9.17) is 0 Å². The number of pyridine rings is 2. The summed E-state index contributed by atoms with van der Waals surface area (Å²) in [5.41, 5.74) is 3.67. The zero-order chi connectivity index (χ0) is 14.7. The first-order valence-electron chi connectivity index (χ1n) is 6.79. The summed E-state index contributed by atoms with van der Waals surface area (Å²) in [6.45, 7) is 6.51. The Kier molecular flexibility index (Phi) is 4.35. The highest BCUT2D eigenvalue weighted by atomic mass is 16.1. The lowest BCUT2D eigenvalue weighted by molar-refractivity contribution is 0.245. The summed E-state index contributed by atoms with van der Waals surface area (Å²) in [4.78, 5) is 21.7. The van der Waals surface area contributed by atoms with E-state index in [9.17, 15) is 4.79 Å². The lowest BCUT2D eigenvalue weighted by Crippen LogP contribution is -2.25. The fourth-order valence-corrected chi connectivity index (χ4v) is 2.20. The average Bonchev–Trinajstić information content (AvgIpc) is 2.48. The third kappa shape index (κ3) is 2.96. The number of aryl methyl sites for hydroxylation is 1. The number of rotatable bonds is 4. The molecule has 0 unspecified atom stereocenters. The second-order valence-corrected chi connectivity index (χ2v) is 5.25. The fraction of sp³-hybridized carbons (Fsp3) is 0.375. The van der Waals surface area contributed by atoms with E-state index in [2.05, 4.69) is 21.8 Å². The first-order valence-corrected chi connectivity index (χ1v) is 6.79. The molecular formula is C16H21N3O. The van der Waals surface area contributed by atoms with Crippen LogP contribution in [0.1, 0.15) is 35.5 Å². The Bertz CT molecular complexity index is 634. The number of aromatic amines is 1. The predicted octanol–water partition coefficient (Wildman–Crippen LogP) is 2.58. The van der Waals surface area contributed by atoms with Crippen LogP contribution >= 0.6 is 0 Å². The molecule has 0 saturated carbocycles. The number of H-pyrrole nitrogens is 1. The monoisotopic (exact) mass is 271 g/mol. The van der Waals surface area contributed by atoms with Gasteiger partial charge in [-0.25, -0.2) is 0 Å². The molecule has 0 aliphatic carbocycles. The molecule has 0 aliphatic rings. The molecule has 0 fully saturated rings. The highest BCUT2D eigenvalue weighted by Gasteiger charge is 2.15. The van der Waals surface area contributed by atoms with Gasteiger partial charge in [0.25, 0.3) is 0 Å². The summed E-state index contributed by atoms with van der Waals surface area (Å²) in [6.07, 6.45) is 3.59. The van der Waals surface area contributed by atoms with Crippen molar-refractivity contribution < 1.29 is 0 Å². The van der Waals surface area contributed by atoms with E-state index >= 15 is 0 Å². The van der Waals surface area contributed by atoms with Crippen LogP contribution in [0.25, 0.3) is 0 Å². The van der Waals surface area contributed by atoms with E-state index in [1.165, 1.54) is 0 Å². The molecule has 2 aromatic rings. The molecule has 2 heterocycles. The van der Waals surface area contributed by atoms with Gasteiger partial charge in [0.15, 0.2) is 5.43 Å². The molecule has 4 nitrogen and oxygen atoms in total. The highest BCUT2D eigenvalue weighted by molar-refractivity contribution is 5.23. The van der Waals surface area contributed by atoms with Crippen molar-refractivity contribution >= 4 is 0 Å². The number of hydrogen-bond donors (Lipinski definition) is 1. The van der Waals surface area contributed by atoms with Crippen molar-refractivity contribution in [1.82, 2.24) is 14.9 Å². The topological polar surface area (TPSA) is 49.0 Å². The lowest BCUT2D eigenvalue weighted by Gasteiger charge is -2.24. The van der Waals surface area contributed by atoms with E-state index < -0.39 is 0 Å². The van der Waals surface area contributed by atoms with Crippen molar-refractivity contribution in [3.8, 4) is 0 Å². The number of hydrogen-bond acceptors (Lipinski definition) is 3. The van der Waals surface area contributed by atoms with Gasteiger partial charge in [-0.3, -0.25) is 14.7 Å². The van der Waals surface area contributed by atoms with Crippen molar-refractivity contribution in [2.24, 2.45) is 0 Å². The Morgan fingerprint density at radius 3 is 2.75 bits per heavy atom. The van der Waals surface area contributed by atoms with Gasteiger partial charge < -0.3 is 4.98 Å². The number of nitrogens with zero attached hydrogens (tertiary/aromatic N) is 2. The zero-order valence-corrected chi connectivity index (χ0v) is 12.5. The molecule has 2 rings (SSSR count). The SMILES string of the molecule is Cc1c[nH]c(CN(C)[C@H](C)c2ccccn2)c(C)c1=O. The molecule has 0 amide bonds. The predicted molar refractivity (Wildman–Crippen MR) is 80.7 cm³/mol. The molecule has 106 valence electrons. The normalized spacial score (nSPS) is 12.7. The van der Waals surface area contributed by atoms with Crippen LogP contribution in [0.3, 0.4) is 0 Å². The second-order valence-electron chi connectivity index (χ2n) is 5.25. The summed E-state index contributed by atoms with van der Waals surface area (Å²) >= 11 is 0. The maximum absolute atomic E-state index is 12.0. The minimum absolute atomic E-state index is 0.123. The zero-order valence-electron chi connectivity index (χ0n) is 12.5. The maximum Gasteiger partial charge on any atom is 0.187 e. The molecule has 4 heteroatoms. The van der Waals surface area contributed by atoms with Crippen LogP contribution in [-0.2, 0) is 6.54 Å². The third-order valence-corrected chi connectivity index (χ3v) is 3.80. The average molecular weight is 271 g/mol. The van der Waals surface area contributed by atoms with Crippen LogP contribution in [0, 0.1) is 13.8 Å². The quantitative estimate of drug-likeness (QED) is 0.929. The van der Waals surface area contributed by atoms with Crippen molar-refractivity contribution in [2.75, 3.05) is 7.05 Å². The van der Waals surface area contributed by atoms with Crippen LogP contribution in [0.5, 0.6) is 0 Å². The summed E-state index contributed by atoms with van der Waals surface area (Å²) in [5.74, 6) is 0. The van der Waals surface area contributed by atoms with Gasteiger partial charge >= 0.3 is 0 Å². The highest BCUT2D eigenvalue weighted by Crippen LogP contribution is 2.18. The molecule has 0 spiro atoms. The van der Waals surface area contributed by atoms with Gasteiger partial charge in [-0.1, -0.05) is 6.07 Å². The Morgan fingerprint density at radius 1 is 1.35 bits per heavy atom. The summed E-state index contributed by atoms with van der Waals surface area (Å²) in [5, 5.41) is 0. The molecule has 1 N–H and O–H groups in total. The van der Waals surface area contributed by atoms with Gasteiger partial charge in [0.2, 0.25) is 0 Å². The standard InChI is InChI=1S/C16H21N3O/c1-11-9-18-15(12(2)16(11)20)10-19(4)13(3)14-7-5-6-8-17-14/h5-9,13H,10H2,1-4H3,(H,18,20)/t13-/m1/s1. The smallest absolute Gasteiger partial charge is 0.187 e. The number of nitrogens with one attached hydrogen (secondary N) is 1. The molecule has 0 bridgehead atoms. The Hall–Kier alpha value is -1.94. The van der Waals surface area contributed by atoms with Crippen LogP contribution in [0.4, 0.5) is 0 Å². The number of aromatic nitrogens is 2. The van der Waals surface area contributed by atoms with Gasteiger partial charge in [0.05, 0.1) is 5.69 Å². The van der Waals surface area contributed by atoms with Gasteiger partial charge in [0.1, 0.15) is 0 Å². The van der Waals surface area contributed by atoms with Gasteiger partial charge in [-0.2, -0.15) is 0 Å². The van der Waals surface area contributed by atoms with Gasteiger partial charge in [-0.15, -0.1) is 0 Å². The van der Waals surface area contributed by atoms with Crippen LogP contribution in [0.15, 0.2) is 35.4 Å². The third-order valence-electron chi connectivity index (χ3n) is 3.80. The Labute approximate surface area is 119 Å². The van der Waals surface area contributed by atoms with Crippen molar-refractivity contribution in [3.63, 3.8) is 0 Å². The summed E-state index contributed by atoms with van der Waals surface area (Å²) in [6, 6.07) is 6.12. The first kappa shape index (κ1) is 14.5. The van der Waals surface area contributed by atoms with E-state index in [1.807, 2.05) is 39.1 Å². The Balaban J connectivity index is 2.18. The van der Waals surface area contributed by atoms with E-state index in [-0.39, 0.29) is 11.5 Å². The molecular weight excluding hydrogens is 250 g/mol. The molecule has 1 atom stereocenters. The van der Waals surface area contributed by atoms with Crippen molar-refractivity contribution in [3.05, 3.63) is 63.3 Å². The molecule has 0 radical (unpaired) electrons. The van der Waals surface area contributed by atoms with E-state index in [0.29, 0.717) is 6.54 Å². The second kappa shape index (κ2) is 6.01. The summed E-state index contributed by atoms with van der Waals surface area (Å²) in [7, 11) is 2.04. The van der Waals surface area contributed by atoms with Crippen LogP contribution < -0.4 is 5.43 Å². The maximum atomic E-state index is 12.0. The largest absolute Gasteiger partial charge is 0.363 e. The molecule has 0 aliphatic heterocycles. The summed E-state index contributed by atoms with van der Waals surface area (Å²) < 4.78 is 0.